The van der Waals surface area contributed by atoms with Gasteiger partial charge in [-0.2, -0.15) is 0 Å². The van der Waals surface area contributed by atoms with Crippen molar-refractivity contribution in [3.8, 4) is 5.75 Å². The van der Waals surface area contributed by atoms with Crippen LogP contribution >= 0.6 is 15.9 Å². The van der Waals surface area contributed by atoms with Crippen LogP contribution in [0.4, 0.5) is 0 Å². The standard InChI is InChI=1S/C26H33BrO5Si/c1-15(28)31-19-11-8-10-17-21(19)23(29)18-14-13-16-9-7-12-20(22(16)26(18,27)24(17)30)32-33(5,6)25(2,3)4/h8,10-11,13,18,20,22H,7,9,12,14H2,1-6H3/t18-,20+,22+,26-/m0/s1. The van der Waals surface area contributed by atoms with Gasteiger partial charge in [0.2, 0.25) is 0 Å². The topological polar surface area (TPSA) is 69.7 Å². The smallest absolute Gasteiger partial charge is 0.308 e. The lowest BCUT2D eigenvalue weighted by molar-refractivity contribution is -0.131. The number of halogens is 1. The zero-order valence-electron chi connectivity index (χ0n) is 20.3. The lowest BCUT2D eigenvalue weighted by Gasteiger charge is -2.53. The summed E-state index contributed by atoms with van der Waals surface area (Å²) in [6.07, 6.45) is 5.33. The SMILES string of the molecule is CC(=O)Oc1cccc2c1C(=O)[C@@H]1CC=C3CCC[C@@H](O[Si](C)(C)C(C)(C)C)[C@@H]3[C@]1(Br)C2=O. The van der Waals surface area contributed by atoms with Crippen LogP contribution in [0.2, 0.25) is 18.1 Å². The summed E-state index contributed by atoms with van der Waals surface area (Å²) in [5.74, 6) is -1.36. The average molecular weight is 534 g/mol. The number of hydrogen-bond acceptors (Lipinski definition) is 5. The summed E-state index contributed by atoms with van der Waals surface area (Å²) in [5, 5.41) is 0.0415. The number of carbonyl (C=O) groups is 3. The van der Waals surface area contributed by atoms with Gasteiger partial charge >= 0.3 is 5.97 Å². The average Bonchev–Trinajstić information content (AvgIpc) is 2.70. The molecule has 33 heavy (non-hydrogen) atoms. The number of ether oxygens (including phenoxy) is 1. The molecule has 4 rings (SSSR count). The van der Waals surface area contributed by atoms with Gasteiger partial charge in [-0.25, -0.2) is 0 Å². The molecule has 1 fully saturated rings. The highest BCUT2D eigenvalue weighted by molar-refractivity contribution is 9.10. The molecular weight excluding hydrogens is 500 g/mol. The molecule has 0 unspecified atom stereocenters. The summed E-state index contributed by atoms with van der Waals surface area (Å²) in [7, 11) is -2.10. The first-order valence-electron chi connectivity index (χ1n) is 11.7. The number of fused-ring (bicyclic) bond motifs is 4. The van der Waals surface area contributed by atoms with E-state index in [1.165, 1.54) is 12.5 Å². The van der Waals surface area contributed by atoms with Crippen LogP contribution in [0.5, 0.6) is 5.75 Å². The Bertz CT molecular complexity index is 1050. The van der Waals surface area contributed by atoms with E-state index in [9.17, 15) is 14.4 Å². The van der Waals surface area contributed by atoms with E-state index in [1.807, 2.05) is 0 Å². The molecule has 0 aromatic heterocycles. The number of ketones is 2. The van der Waals surface area contributed by atoms with E-state index in [4.69, 9.17) is 9.16 Å². The minimum atomic E-state index is -2.10. The molecule has 178 valence electrons. The number of hydrogen-bond donors (Lipinski definition) is 0. The third-order valence-corrected chi connectivity index (χ3v) is 13.9. The molecule has 0 radical (unpaired) electrons. The molecule has 0 aliphatic heterocycles. The second-order valence-electron chi connectivity index (χ2n) is 11.1. The first-order valence-corrected chi connectivity index (χ1v) is 15.4. The van der Waals surface area contributed by atoms with Crippen LogP contribution < -0.4 is 4.74 Å². The number of allylic oxidation sites excluding steroid dienone is 1. The molecule has 0 bridgehead atoms. The van der Waals surface area contributed by atoms with E-state index in [1.54, 1.807) is 18.2 Å². The summed E-state index contributed by atoms with van der Waals surface area (Å²) in [4.78, 5) is 39.5. The Kier molecular flexibility index (Phi) is 6.16. The molecule has 1 saturated carbocycles. The van der Waals surface area contributed by atoms with Crippen molar-refractivity contribution >= 4 is 41.8 Å². The number of Topliss-reactive ketones (excluding diaryl/α,β-unsaturated/α-hetero) is 2. The maximum Gasteiger partial charge on any atom is 0.308 e. The van der Waals surface area contributed by atoms with Gasteiger partial charge in [-0.1, -0.05) is 60.5 Å². The second-order valence-corrected chi connectivity index (χ2v) is 17.2. The van der Waals surface area contributed by atoms with Gasteiger partial charge in [-0.3, -0.25) is 14.4 Å². The minimum Gasteiger partial charge on any atom is -0.426 e. The van der Waals surface area contributed by atoms with E-state index in [-0.39, 0.29) is 39.9 Å². The molecule has 3 aliphatic rings. The molecule has 0 heterocycles. The van der Waals surface area contributed by atoms with E-state index in [0.717, 1.165) is 19.3 Å². The summed E-state index contributed by atoms with van der Waals surface area (Å²) in [6, 6.07) is 4.93. The van der Waals surface area contributed by atoms with Crippen LogP contribution in [0, 0.1) is 11.8 Å². The van der Waals surface area contributed by atoms with Gasteiger partial charge in [0.1, 0.15) is 10.1 Å². The molecule has 0 N–H and O–H groups in total. The second kappa shape index (κ2) is 8.28. The molecule has 1 aromatic carbocycles. The van der Waals surface area contributed by atoms with E-state index >= 15 is 0 Å². The van der Waals surface area contributed by atoms with Gasteiger partial charge < -0.3 is 9.16 Å². The van der Waals surface area contributed by atoms with Crippen molar-refractivity contribution in [2.75, 3.05) is 0 Å². The predicted octanol–water partition coefficient (Wildman–Crippen LogP) is 6.26. The summed E-state index contributed by atoms with van der Waals surface area (Å²) in [5.41, 5.74) is 1.77. The first kappa shape index (κ1) is 24.5. The Labute approximate surface area is 205 Å². The van der Waals surface area contributed by atoms with Gasteiger partial charge in [0, 0.05) is 24.3 Å². The fourth-order valence-corrected chi connectivity index (χ4v) is 7.93. The van der Waals surface area contributed by atoms with E-state index in [2.05, 4.69) is 55.9 Å². The Morgan fingerprint density at radius 3 is 2.55 bits per heavy atom. The molecule has 5 nitrogen and oxygen atoms in total. The maximum absolute atomic E-state index is 14.1. The van der Waals surface area contributed by atoms with E-state index in [0.29, 0.717) is 12.0 Å². The summed E-state index contributed by atoms with van der Waals surface area (Å²) < 4.78 is 11.2. The molecule has 0 saturated heterocycles. The van der Waals surface area contributed by atoms with Crippen LogP contribution in [0.1, 0.15) is 74.1 Å². The fraction of sp³-hybridized carbons (Fsp3) is 0.577. The lowest BCUT2D eigenvalue weighted by atomic mass is 9.59. The lowest BCUT2D eigenvalue weighted by Crippen LogP contribution is -2.61. The minimum absolute atomic E-state index is 0.0415. The molecule has 0 spiro atoms. The van der Waals surface area contributed by atoms with E-state index < -0.39 is 24.5 Å². The number of benzene rings is 1. The number of esters is 1. The van der Waals surface area contributed by atoms with Gasteiger partial charge in [0.15, 0.2) is 19.9 Å². The molecule has 7 heteroatoms. The van der Waals surface area contributed by atoms with Gasteiger partial charge in [0.05, 0.1) is 11.7 Å². The number of alkyl halides is 1. The summed E-state index contributed by atoms with van der Waals surface area (Å²) in [6.45, 7) is 12.4. The van der Waals surface area contributed by atoms with Crippen molar-refractivity contribution in [3.05, 3.63) is 41.0 Å². The molecule has 4 atom stereocenters. The third-order valence-electron chi connectivity index (χ3n) is 7.99. The highest BCUT2D eigenvalue weighted by atomic mass is 79.9. The predicted molar refractivity (Wildman–Crippen MR) is 134 cm³/mol. The molecule has 0 amide bonds. The largest absolute Gasteiger partial charge is 0.426 e. The van der Waals surface area contributed by atoms with Gasteiger partial charge in [-0.05, 0) is 49.9 Å². The Morgan fingerprint density at radius 1 is 1.21 bits per heavy atom. The summed E-state index contributed by atoms with van der Waals surface area (Å²) >= 11 is 3.88. The van der Waals surface area contributed by atoms with Crippen molar-refractivity contribution in [1.29, 1.82) is 0 Å². The van der Waals surface area contributed by atoms with Gasteiger partial charge in [-0.15, -0.1) is 0 Å². The molecular formula is C26H33BrO5Si. The zero-order valence-corrected chi connectivity index (χ0v) is 22.9. The van der Waals surface area contributed by atoms with Crippen molar-refractivity contribution in [2.24, 2.45) is 11.8 Å². The third kappa shape index (κ3) is 3.90. The highest BCUT2D eigenvalue weighted by Crippen LogP contribution is 2.57. The van der Waals surface area contributed by atoms with Crippen molar-refractivity contribution < 1.29 is 23.5 Å². The molecule has 1 aromatic rings. The highest BCUT2D eigenvalue weighted by Gasteiger charge is 2.62. The van der Waals surface area contributed by atoms with Crippen LogP contribution in [-0.2, 0) is 9.22 Å². The number of rotatable bonds is 3. The van der Waals surface area contributed by atoms with Crippen molar-refractivity contribution in [1.82, 2.24) is 0 Å². The van der Waals surface area contributed by atoms with Crippen molar-refractivity contribution in [2.45, 2.75) is 81.9 Å². The zero-order chi connectivity index (χ0) is 24.3. The Hall–Kier alpha value is -1.57. The molecule has 3 aliphatic carbocycles. The monoisotopic (exact) mass is 532 g/mol. The number of carbonyl (C=O) groups excluding carboxylic acids is 3. The van der Waals surface area contributed by atoms with Crippen LogP contribution in [0.25, 0.3) is 0 Å². The fourth-order valence-electron chi connectivity index (χ4n) is 5.37. The van der Waals surface area contributed by atoms with Crippen molar-refractivity contribution in [3.63, 3.8) is 0 Å². The normalized spacial score (nSPS) is 29.5. The van der Waals surface area contributed by atoms with Crippen LogP contribution in [0.15, 0.2) is 29.8 Å². The Morgan fingerprint density at radius 2 is 1.91 bits per heavy atom. The van der Waals surface area contributed by atoms with Crippen LogP contribution in [0.3, 0.4) is 0 Å². The Balaban J connectivity index is 1.82. The quantitative estimate of drug-likeness (QED) is 0.151. The maximum atomic E-state index is 14.1. The van der Waals surface area contributed by atoms with Gasteiger partial charge in [0.25, 0.3) is 0 Å². The first-order chi connectivity index (χ1) is 15.3. The van der Waals surface area contributed by atoms with Crippen LogP contribution in [-0.4, -0.2) is 36.3 Å².